The second kappa shape index (κ2) is 12.1. The van der Waals surface area contributed by atoms with Gasteiger partial charge in [-0.25, -0.2) is 0 Å². The number of hydrogen-bond donors (Lipinski definition) is 0. The molecule has 3 aromatic rings. The SMILES string of the molecule is CCC1=[C](/[Zr+2](=[C](\C)c2ccccc2)[CH]2c3ccccc3-c3ccccc32)C(CC)C=C1C(C)(C)C.[Cl-].[Cl-]. The Kier molecular flexibility index (Phi) is 9.83. The van der Waals surface area contributed by atoms with Crippen LogP contribution in [0.15, 0.2) is 99.4 Å². The van der Waals surface area contributed by atoms with Gasteiger partial charge in [-0.15, -0.1) is 0 Å². The molecule has 0 saturated carbocycles. The average molecular weight is 609 g/mol. The number of allylic oxidation sites excluding steroid dienone is 4. The maximum atomic E-state index is 2.67. The van der Waals surface area contributed by atoms with Crippen molar-refractivity contribution in [2.75, 3.05) is 0 Å². The molecule has 1 unspecified atom stereocenters. The fourth-order valence-corrected chi connectivity index (χ4v) is 16.4. The van der Waals surface area contributed by atoms with Gasteiger partial charge in [0.2, 0.25) is 0 Å². The zero-order chi connectivity index (χ0) is 24.7. The van der Waals surface area contributed by atoms with E-state index in [2.05, 4.69) is 126 Å². The summed E-state index contributed by atoms with van der Waals surface area (Å²) in [6.45, 7) is 14.5. The van der Waals surface area contributed by atoms with Crippen molar-refractivity contribution in [2.45, 2.75) is 58.0 Å². The van der Waals surface area contributed by atoms with Gasteiger partial charge < -0.3 is 24.8 Å². The van der Waals surface area contributed by atoms with Gasteiger partial charge in [0.1, 0.15) is 0 Å². The topological polar surface area (TPSA) is 0 Å². The molecular formula is C34H38Cl2Zr. The van der Waals surface area contributed by atoms with E-state index in [-0.39, 0.29) is 30.2 Å². The fraction of sp³-hybridized carbons (Fsp3) is 0.324. The molecule has 0 aromatic heterocycles. The van der Waals surface area contributed by atoms with Gasteiger partial charge in [0.05, 0.1) is 0 Å². The summed E-state index contributed by atoms with van der Waals surface area (Å²) in [5.41, 5.74) is 11.0. The van der Waals surface area contributed by atoms with Crippen LogP contribution in [0, 0.1) is 11.3 Å². The van der Waals surface area contributed by atoms with Crippen LogP contribution in [0.25, 0.3) is 11.1 Å². The van der Waals surface area contributed by atoms with Crippen LogP contribution in [-0.2, 0) is 21.3 Å². The van der Waals surface area contributed by atoms with Gasteiger partial charge in [-0.1, -0.05) is 0 Å². The Hall–Kier alpha value is -1.53. The van der Waals surface area contributed by atoms with E-state index in [1.54, 1.807) is 25.5 Å². The molecule has 0 N–H and O–H groups in total. The number of hydrogen-bond acceptors (Lipinski definition) is 0. The zero-order valence-corrected chi connectivity index (χ0v) is 26.9. The van der Waals surface area contributed by atoms with Crippen molar-refractivity contribution in [1.82, 2.24) is 0 Å². The van der Waals surface area contributed by atoms with Gasteiger partial charge in [0, 0.05) is 0 Å². The van der Waals surface area contributed by atoms with E-state index in [1.165, 1.54) is 23.1 Å². The summed E-state index contributed by atoms with van der Waals surface area (Å²) in [5.74, 6) is 0.576. The van der Waals surface area contributed by atoms with E-state index in [4.69, 9.17) is 0 Å². The van der Waals surface area contributed by atoms with E-state index in [0.717, 1.165) is 6.42 Å². The monoisotopic (exact) mass is 606 g/mol. The van der Waals surface area contributed by atoms with Gasteiger partial charge in [0.25, 0.3) is 0 Å². The molecule has 0 spiro atoms. The van der Waals surface area contributed by atoms with Crippen LogP contribution in [0.3, 0.4) is 0 Å². The first-order valence-electron chi connectivity index (χ1n) is 13.3. The second-order valence-corrected chi connectivity index (χ2v) is 17.7. The number of rotatable bonds is 5. The normalized spacial score (nSPS) is 16.9. The first-order valence-corrected chi connectivity index (χ1v) is 17.1. The molecule has 0 saturated heterocycles. The molecular weight excluding hydrogens is 571 g/mol. The van der Waals surface area contributed by atoms with Crippen molar-refractivity contribution in [3.8, 4) is 11.1 Å². The Balaban J connectivity index is 0.00000190. The molecule has 0 fully saturated rings. The Morgan fingerprint density at radius 1 is 0.757 bits per heavy atom. The van der Waals surface area contributed by atoms with Gasteiger partial charge >= 0.3 is 221 Å². The van der Waals surface area contributed by atoms with Gasteiger partial charge in [-0.2, -0.15) is 0 Å². The maximum Gasteiger partial charge on any atom is -1.00 e. The van der Waals surface area contributed by atoms with Crippen LogP contribution < -0.4 is 24.8 Å². The van der Waals surface area contributed by atoms with E-state index in [0.29, 0.717) is 9.54 Å². The summed E-state index contributed by atoms with van der Waals surface area (Å²) in [5, 5.41) is 0. The number of halogens is 2. The Labute approximate surface area is 244 Å². The van der Waals surface area contributed by atoms with E-state index < -0.39 is 21.3 Å². The quantitative estimate of drug-likeness (QED) is 0.417. The van der Waals surface area contributed by atoms with Crippen molar-refractivity contribution in [2.24, 2.45) is 11.3 Å². The van der Waals surface area contributed by atoms with E-state index >= 15 is 0 Å². The Bertz CT molecular complexity index is 1310. The van der Waals surface area contributed by atoms with Gasteiger partial charge in [0.15, 0.2) is 0 Å². The molecule has 1 atom stereocenters. The average Bonchev–Trinajstić information content (AvgIpc) is 3.41. The van der Waals surface area contributed by atoms with Crippen molar-refractivity contribution in [3.05, 3.63) is 116 Å². The van der Waals surface area contributed by atoms with Crippen molar-refractivity contribution >= 4 is 3.21 Å². The predicted octanol–water partition coefficient (Wildman–Crippen LogP) is 3.30. The van der Waals surface area contributed by atoms with Crippen molar-refractivity contribution in [1.29, 1.82) is 0 Å². The molecule has 0 radical (unpaired) electrons. The van der Waals surface area contributed by atoms with Gasteiger partial charge in [-0.3, -0.25) is 0 Å². The van der Waals surface area contributed by atoms with E-state index in [1.807, 2.05) is 3.28 Å². The van der Waals surface area contributed by atoms with E-state index in [9.17, 15) is 0 Å². The molecule has 2 aliphatic carbocycles. The molecule has 37 heavy (non-hydrogen) atoms. The number of fused-ring (bicyclic) bond motifs is 3. The molecule has 0 bridgehead atoms. The smallest absolute Gasteiger partial charge is 1.00 e. The minimum absolute atomic E-state index is 0. The van der Waals surface area contributed by atoms with Crippen LogP contribution in [0.1, 0.15) is 74.7 Å². The minimum Gasteiger partial charge on any atom is -1.00 e. The summed E-state index contributed by atoms with van der Waals surface area (Å²) in [7, 11) is 0. The molecule has 192 valence electrons. The largest absolute Gasteiger partial charge is 1.00 e. The third-order valence-corrected chi connectivity index (χ3v) is 16.7. The summed E-state index contributed by atoms with van der Waals surface area (Å²) in [6, 6.07) is 29.8. The standard InChI is InChI=1S/C13H9.C13H21.C8H8.2ClH.Zr/c1-3-7-12-10(5-1)9-11-6-2-4-8-13(11)12;1-6-10-8-11(7-2)12(9-10)13(3,4)5;1-2-8-6-4-3-5-7-8;;;/h1-9H;9-10H,6-7H2,1-5H3;3-7H,1H3;2*1H;/q;;;;;+2/p-2. The molecule has 3 heteroatoms. The summed E-state index contributed by atoms with van der Waals surface area (Å²) in [4.78, 5) is 0. The first-order chi connectivity index (χ1) is 16.9. The molecule has 0 aliphatic heterocycles. The molecule has 0 nitrogen and oxygen atoms in total. The first kappa shape index (κ1) is 30.0. The van der Waals surface area contributed by atoms with Crippen LogP contribution in [-0.4, -0.2) is 3.21 Å². The Morgan fingerprint density at radius 3 is 1.76 bits per heavy atom. The van der Waals surface area contributed by atoms with Crippen molar-refractivity contribution in [3.63, 3.8) is 0 Å². The van der Waals surface area contributed by atoms with Crippen LogP contribution in [0.5, 0.6) is 0 Å². The minimum atomic E-state index is -2.48. The maximum absolute atomic E-state index is 2.67. The summed E-state index contributed by atoms with van der Waals surface area (Å²) < 4.78 is 4.08. The zero-order valence-electron chi connectivity index (χ0n) is 22.9. The number of benzene rings is 3. The van der Waals surface area contributed by atoms with Crippen LogP contribution in [0.4, 0.5) is 0 Å². The Morgan fingerprint density at radius 2 is 1.27 bits per heavy atom. The molecule has 5 rings (SSSR count). The summed E-state index contributed by atoms with van der Waals surface area (Å²) >= 11 is -2.48. The van der Waals surface area contributed by atoms with Crippen molar-refractivity contribution < 1.29 is 46.1 Å². The predicted molar refractivity (Wildman–Crippen MR) is 149 cm³/mol. The fourth-order valence-electron chi connectivity index (χ4n) is 6.41. The third-order valence-electron chi connectivity index (χ3n) is 8.01. The van der Waals surface area contributed by atoms with Gasteiger partial charge in [-0.05, 0) is 0 Å². The molecule has 0 amide bonds. The molecule has 3 aromatic carbocycles. The molecule has 2 aliphatic rings. The summed E-state index contributed by atoms with van der Waals surface area (Å²) in [6.07, 6.45) is 5.00. The van der Waals surface area contributed by atoms with Crippen LogP contribution >= 0.6 is 0 Å². The molecule has 0 heterocycles. The third kappa shape index (κ3) is 5.34. The second-order valence-electron chi connectivity index (χ2n) is 11.1. The van der Waals surface area contributed by atoms with Crippen LogP contribution in [0.2, 0.25) is 0 Å².